The molecule has 8 atom stereocenters. The molecule has 29 heavy (non-hydrogen) atoms. The van der Waals surface area contributed by atoms with E-state index in [1.807, 2.05) is 0 Å². The molecule has 1 aliphatic carbocycles. The topological polar surface area (TPSA) is 219 Å². The fourth-order valence-corrected chi connectivity index (χ4v) is 3.58. The van der Waals surface area contributed by atoms with Gasteiger partial charge in [0.25, 0.3) is 0 Å². The number of hydrogen-bond acceptors (Lipinski definition) is 9. The van der Waals surface area contributed by atoms with Crippen molar-refractivity contribution in [2.45, 2.75) is 81.0 Å². The molecule has 0 aromatic heterocycles. The summed E-state index contributed by atoms with van der Waals surface area (Å²) in [6.45, 7) is 1.57. The average molecular weight is 419 g/mol. The van der Waals surface area contributed by atoms with Crippen LogP contribution in [0.5, 0.6) is 0 Å². The van der Waals surface area contributed by atoms with Crippen LogP contribution in [0.1, 0.15) is 32.6 Å². The van der Waals surface area contributed by atoms with Crippen LogP contribution in [-0.2, 0) is 14.3 Å². The van der Waals surface area contributed by atoms with E-state index in [0.29, 0.717) is 6.42 Å². The highest BCUT2D eigenvalue weighted by atomic mass is 16.7. The van der Waals surface area contributed by atoms with Gasteiger partial charge in [-0.05, 0) is 19.8 Å². The molecule has 2 aliphatic rings. The Kier molecular flexibility index (Phi) is 8.17. The molecule has 0 spiro atoms. The van der Waals surface area contributed by atoms with Gasteiger partial charge in [-0.15, -0.1) is 0 Å². The summed E-state index contributed by atoms with van der Waals surface area (Å²) in [7, 11) is 0. The Labute approximate surface area is 169 Å². The van der Waals surface area contributed by atoms with Crippen LogP contribution in [0.25, 0.3) is 0 Å². The van der Waals surface area contributed by atoms with Crippen molar-refractivity contribution in [1.29, 1.82) is 0 Å². The van der Waals surface area contributed by atoms with E-state index < -0.39 is 48.3 Å². The third-order valence-corrected chi connectivity index (χ3v) is 5.02. The van der Waals surface area contributed by atoms with E-state index >= 15 is 0 Å². The SMILES string of the molecule is C[C@]1(O)COC(O[C@@H]2C(O)CC(N)CC2NC(=O)C(O)CCN=C(N)N)C(O)C1. The second-order valence-electron chi connectivity index (χ2n) is 8.07. The molecule has 0 aromatic carbocycles. The van der Waals surface area contributed by atoms with Gasteiger partial charge in [-0.25, -0.2) is 0 Å². The summed E-state index contributed by atoms with van der Waals surface area (Å²) in [5.74, 6) is -0.818. The van der Waals surface area contributed by atoms with Crippen LogP contribution in [0.2, 0.25) is 0 Å². The quantitative estimate of drug-likeness (QED) is 0.149. The summed E-state index contributed by atoms with van der Waals surface area (Å²) in [4.78, 5) is 16.0. The minimum absolute atomic E-state index is 0.0100. The number of aliphatic hydroxyl groups excluding tert-OH is 3. The van der Waals surface area contributed by atoms with E-state index in [4.69, 9.17) is 26.7 Å². The van der Waals surface area contributed by atoms with Crippen LogP contribution in [0.4, 0.5) is 0 Å². The molecule has 0 radical (unpaired) electrons. The van der Waals surface area contributed by atoms with E-state index in [9.17, 15) is 25.2 Å². The molecule has 1 saturated heterocycles. The smallest absolute Gasteiger partial charge is 0.249 e. The molecule has 6 unspecified atom stereocenters. The predicted octanol–water partition coefficient (Wildman–Crippen LogP) is -3.78. The van der Waals surface area contributed by atoms with E-state index in [2.05, 4.69) is 10.3 Å². The predicted molar refractivity (Wildman–Crippen MR) is 102 cm³/mol. The van der Waals surface area contributed by atoms with Crippen LogP contribution < -0.4 is 22.5 Å². The summed E-state index contributed by atoms with van der Waals surface area (Å²) in [5, 5.41) is 43.3. The van der Waals surface area contributed by atoms with Crippen LogP contribution in [0.15, 0.2) is 4.99 Å². The molecule has 11 N–H and O–H groups in total. The minimum atomic E-state index is -1.36. The molecule has 2 fully saturated rings. The van der Waals surface area contributed by atoms with Gasteiger partial charge in [-0.1, -0.05) is 0 Å². The Balaban J connectivity index is 1.99. The molecule has 168 valence electrons. The first-order valence-electron chi connectivity index (χ1n) is 9.63. The van der Waals surface area contributed by atoms with E-state index in [1.165, 1.54) is 6.92 Å². The van der Waals surface area contributed by atoms with Gasteiger partial charge >= 0.3 is 0 Å². The number of nitrogens with zero attached hydrogens (tertiary/aromatic N) is 1. The molecular weight excluding hydrogens is 386 g/mol. The number of nitrogens with one attached hydrogen (secondary N) is 1. The van der Waals surface area contributed by atoms with Crippen molar-refractivity contribution in [1.82, 2.24) is 5.32 Å². The zero-order valence-electron chi connectivity index (χ0n) is 16.5. The van der Waals surface area contributed by atoms with Gasteiger partial charge in [-0.3, -0.25) is 9.79 Å². The molecule has 1 amide bonds. The van der Waals surface area contributed by atoms with Gasteiger partial charge in [-0.2, -0.15) is 0 Å². The van der Waals surface area contributed by atoms with Crippen LogP contribution in [0, 0.1) is 0 Å². The molecule has 2 rings (SSSR count). The fraction of sp³-hybridized carbons (Fsp3) is 0.882. The Morgan fingerprint density at radius 1 is 1.34 bits per heavy atom. The van der Waals surface area contributed by atoms with E-state index in [0.717, 1.165) is 0 Å². The van der Waals surface area contributed by atoms with Crippen molar-refractivity contribution >= 4 is 11.9 Å². The molecule has 1 aliphatic heterocycles. The lowest BCUT2D eigenvalue weighted by Crippen LogP contribution is -2.61. The van der Waals surface area contributed by atoms with Gasteiger partial charge in [0.15, 0.2) is 12.2 Å². The van der Waals surface area contributed by atoms with E-state index in [-0.39, 0.29) is 44.4 Å². The maximum Gasteiger partial charge on any atom is 0.249 e. The second-order valence-corrected chi connectivity index (χ2v) is 8.07. The maximum atomic E-state index is 12.3. The van der Waals surface area contributed by atoms with Gasteiger partial charge in [0, 0.05) is 25.4 Å². The van der Waals surface area contributed by atoms with Crippen molar-refractivity contribution in [3.63, 3.8) is 0 Å². The second kappa shape index (κ2) is 9.98. The molecule has 1 saturated carbocycles. The summed E-state index contributed by atoms with van der Waals surface area (Å²) in [6.07, 6.45) is -4.87. The lowest BCUT2D eigenvalue weighted by atomic mass is 9.86. The van der Waals surface area contributed by atoms with Gasteiger partial charge < -0.3 is 52.4 Å². The number of rotatable bonds is 7. The largest absolute Gasteiger partial charge is 0.390 e. The molecule has 12 nitrogen and oxygen atoms in total. The highest BCUT2D eigenvalue weighted by Crippen LogP contribution is 2.28. The Hall–Kier alpha value is -1.54. The molecule has 0 aromatic rings. The van der Waals surface area contributed by atoms with Gasteiger partial charge in [0.1, 0.15) is 18.3 Å². The number of amides is 1. The molecular formula is C17H33N5O7. The minimum Gasteiger partial charge on any atom is -0.390 e. The number of aliphatic imine (C=N–C) groups is 1. The normalized spacial score (nSPS) is 38.8. The first kappa shape index (κ1) is 23.7. The Morgan fingerprint density at radius 2 is 2.03 bits per heavy atom. The summed E-state index contributed by atoms with van der Waals surface area (Å²) >= 11 is 0. The third-order valence-electron chi connectivity index (χ3n) is 5.02. The van der Waals surface area contributed by atoms with Gasteiger partial charge in [0.05, 0.1) is 24.4 Å². The standard InChI is InChI=1S/C17H33N5O7/c1-17(27)6-12(25)15(28-7-17)29-13-9(4-8(18)5-11(13)24)22-14(26)10(23)2-3-21-16(19)20/h8-13,15,23-25,27H,2-7,18H2,1H3,(H,22,26)(H4,19,20,21)/t8?,9?,10?,11?,12?,13-,15?,17+/m0/s1. The van der Waals surface area contributed by atoms with Crippen molar-refractivity contribution in [3.05, 3.63) is 0 Å². The number of ether oxygens (including phenoxy) is 2. The van der Waals surface area contributed by atoms with Gasteiger partial charge in [0.2, 0.25) is 5.91 Å². The first-order valence-corrected chi connectivity index (χ1v) is 9.63. The molecule has 12 heteroatoms. The Morgan fingerprint density at radius 3 is 2.66 bits per heavy atom. The maximum absolute atomic E-state index is 12.3. The molecule has 1 heterocycles. The third kappa shape index (κ3) is 7.03. The average Bonchev–Trinajstić information content (AvgIpc) is 2.58. The van der Waals surface area contributed by atoms with Crippen LogP contribution in [-0.4, -0.2) is 93.8 Å². The lowest BCUT2D eigenvalue weighted by molar-refractivity contribution is -0.284. The van der Waals surface area contributed by atoms with Crippen LogP contribution >= 0.6 is 0 Å². The summed E-state index contributed by atoms with van der Waals surface area (Å²) in [6, 6.07) is -1.09. The van der Waals surface area contributed by atoms with Crippen molar-refractivity contribution < 1.29 is 34.7 Å². The Bertz CT molecular complexity index is 587. The monoisotopic (exact) mass is 419 g/mol. The first-order chi connectivity index (χ1) is 13.5. The number of guanidine groups is 1. The molecule has 0 bridgehead atoms. The summed E-state index contributed by atoms with van der Waals surface area (Å²) < 4.78 is 11.2. The van der Waals surface area contributed by atoms with Crippen LogP contribution in [0.3, 0.4) is 0 Å². The highest BCUT2D eigenvalue weighted by molar-refractivity contribution is 5.81. The fourth-order valence-electron chi connectivity index (χ4n) is 3.58. The highest BCUT2D eigenvalue weighted by Gasteiger charge is 2.43. The lowest BCUT2D eigenvalue weighted by Gasteiger charge is -2.43. The number of carbonyl (C=O) groups is 1. The zero-order valence-corrected chi connectivity index (χ0v) is 16.5. The van der Waals surface area contributed by atoms with Crippen molar-refractivity contribution in [3.8, 4) is 0 Å². The van der Waals surface area contributed by atoms with Crippen molar-refractivity contribution in [2.24, 2.45) is 22.2 Å². The number of carbonyl (C=O) groups excluding carboxylic acids is 1. The number of nitrogens with two attached hydrogens (primary N) is 3. The number of hydrogen-bond donors (Lipinski definition) is 8. The number of aliphatic hydroxyl groups is 4. The summed E-state index contributed by atoms with van der Waals surface area (Å²) in [5.41, 5.74) is 15.2. The zero-order chi connectivity index (χ0) is 21.8. The van der Waals surface area contributed by atoms with E-state index in [1.54, 1.807) is 0 Å². The van der Waals surface area contributed by atoms with Crippen molar-refractivity contribution in [2.75, 3.05) is 13.2 Å².